The van der Waals surface area contributed by atoms with Crippen LogP contribution in [0.15, 0.2) is 24.3 Å². The largest absolute Gasteiger partial charge is 0.439 e. The van der Waals surface area contributed by atoms with Crippen LogP contribution in [0.3, 0.4) is 0 Å². The lowest BCUT2D eigenvalue weighted by atomic mass is 10.1. The third-order valence-electron chi connectivity index (χ3n) is 3.17. The second-order valence-corrected chi connectivity index (χ2v) is 4.79. The van der Waals surface area contributed by atoms with E-state index in [9.17, 15) is 0 Å². The van der Waals surface area contributed by atoms with E-state index >= 15 is 0 Å². The number of nitrogens with one attached hydrogen (secondary N) is 1. The van der Waals surface area contributed by atoms with Crippen molar-refractivity contribution in [2.45, 2.75) is 13.3 Å². The number of aryl methyl sites for hydroxylation is 2. The van der Waals surface area contributed by atoms with E-state index < -0.39 is 0 Å². The Morgan fingerprint density at radius 3 is 2.57 bits per heavy atom. The Morgan fingerprint density at radius 1 is 1.33 bits per heavy atom. The highest BCUT2D eigenvalue weighted by Crippen LogP contribution is 2.27. The van der Waals surface area contributed by atoms with Gasteiger partial charge < -0.3 is 15.2 Å². The van der Waals surface area contributed by atoms with E-state index in [-0.39, 0.29) is 5.84 Å². The molecule has 0 unspecified atom stereocenters. The van der Waals surface area contributed by atoms with E-state index in [2.05, 4.69) is 5.10 Å². The van der Waals surface area contributed by atoms with Gasteiger partial charge in [-0.15, -0.1) is 0 Å². The minimum Gasteiger partial charge on any atom is -0.439 e. The SMILES string of the molecule is COCCc1ccc(Oc2c(C(=N)N)c(C)nn2C)cc1. The van der Waals surface area contributed by atoms with Crippen molar-refractivity contribution in [3.8, 4) is 11.6 Å². The molecule has 0 fully saturated rings. The molecule has 21 heavy (non-hydrogen) atoms. The molecule has 0 aliphatic carbocycles. The van der Waals surface area contributed by atoms with Gasteiger partial charge in [-0.2, -0.15) is 5.10 Å². The smallest absolute Gasteiger partial charge is 0.228 e. The average Bonchev–Trinajstić information content (AvgIpc) is 2.72. The molecule has 0 saturated heterocycles. The summed E-state index contributed by atoms with van der Waals surface area (Å²) in [6.45, 7) is 2.49. The summed E-state index contributed by atoms with van der Waals surface area (Å²) in [4.78, 5) is 0. The summed E-state index contributed by atoms with van der Waals surface area (Å²) < 4.78 is 12.5. The maximum atomic E-state index is 7.64. The molecular weight excluding hydrogens is 268 g/mol. The maximum Gasteiger partial charge on any atom is 0.228 e. The number of nitrogens with zero attached hydrogens (tertiary/aromatic N) is 2. The van der Waals surface area contributed by atoms with Crippen LogP contribution in [-0.2, 0) is 18.2 Å². The lowest BCUT2D eigenvalue weighted by Crippen LogP contribution is -2.13. The van der Waals surface area contributed by atoms with Crippen molar-refractivity contribution in [3.63, 3.8) is 0 Å². The first kappa shape index (κ1) is 15.1. The fraction of sp³-hybridized carbons (Fsp3) is 0.333. The normalized spacial score (nSPS) is 10.6. The highest BCUT2D eigenvalue weighted by molar-refractivity contribution is 5.98. The number of hydrogen-bond acceptors (Lipinski definition) is 4. The van der Waals surface area contributed by atoms with Gasteiger partial charge in [0.25, 0.3) is 0 Å². The van der Waals surface area contributed by atoms with Gasteiger partial charge in [0.15, 0.2) is 0 Å². The van der Waals surface area contributed by atoms with Crippen molar-refractivity contribution >= 4 is 5.84 Å². The minimum absolute atomic E-state index is 0.0488. The van der Waals surface area contributed by atoms with Gasteiger partial charge in [-0.1, -0.05) is 12.1 Å². The number of aromatic nitrogens is 2. The number of nitrogens with two attached hydrogens (primary N) is 1. The van der Waals surface area contributed by atoms with Gasteiger partial charge >= 0.3 is 0 Å². The molecule has 2 rings (SSSR count). The number of rotatable bonds is 6. The molecule has 1 aromatic carbocycles. The first-order valence-corrected chi connectivity index (χ1v) is 6.66. The molecule has 112 valence electrons. The quantitative estimate of drug-likeness (QED) is 0.628. The summed E-state index contributed by atoms with van der Waals surface area (Å²) in [5.41, 5.74) is 7.98. The van der Waals surface area contributed by atoms with E-state index in [0.29, 0.717) is 29.5 Å². The standard InChI is InChI=1S/C15H20N4O2/c1-10-13(14(16)17)15(19(2)18-10)21-12-6-4-11(5-7-12)8-9-20-3/h4-7H,8-9H2,1-3H3,(H3,16,17). The lowest BCUT2D eigenvalue weighted by Gasteiger charge is -2.09. The van der Waals surface area contributed by atoms with Crippen molar-refractivity contribution in [1.82, 2.24) is 9.78 Å². The number of amidine groups is 1. The van der Waals surface area contributed by atoms with Crippen molar-refractivity contribution in [2.24, 2.45) is 12.8 Å². The topological polar surface area (TPSA) is 86.2 Å². The molecule has 6 heteroatoms. The predicted molar refractivity (Wildman–Crippen MR) is 81.1 cm³/mol. The second kappa shape index (κ2) is 6.41. The Labute approximate surface area is 124 Å². The third kappa shape index (κ3) is 3.41. The van der Waals surface area contributed by atoms with Gasteiger partial charge in [0.2, 0.25) is 5.88 Å². The Kier molecular flexibility index (Phi) is 4.59. The van der Waals surface area contributed by atoms with Crippen LogP contribution in [0.5, 0.6) is 11.6 Å². The van der Waals surface area contributed by atoms with E-state index in [1.54, 1.807) is 25.8 Å². The summed E-state index contributed by atoms with van der Waals surface area (Å²) >= 11 is 0. The molecule has 0 spiro atoms. The van der Waals surface area contributed by atoms with Gasteiger partial charge in [0.1, 0.15) is 17.1 Å². The van der Waals surface area contributed by atoms with Gasteiger partial charge in [-0.3, -0.25) is 5.41 Å². The van der Waals surface area contributed by atoms with Crippen molar-refractivity contribution in [1.29, 1.82) is 5.41 Å². The predicted octanol–water partition coefficient (Wildman–Crippen LogP) is 1.99. The fourth-order valence-electron chi connectivity index (χ4n) is 2.12. The number of benzene rings is 1. The molecule has 6 nitrogen and oxygen atoms in total. The first-order chi connectivity index (χ1) is 10.0. The van der Waals surface area contributed by atoms with E-state index in [1.165, 1.54) is 5.56 Å². The molecule has 0 radical (unpaired) electrons. The molecule has 3 N–H and O–H groups in total. The zero-order valence-electron chi connectivity index (χ0n) is 12.5. The number of hydrogen-bond donors (Lipinski definition) is 2. The zero-order valence-corrected chi connectivity index (χ0v) is 12.5. The molecule has 0 bridgehead atoms. The second-order valence-electron chi connectivity index (χ2n) is 4.79. The van der Waals surface area contributed by atoms with Crippen LogP contribution in [0, 0.1) is 12.3 Å². The van der Waals surface area contributed by atoms with Crippen molar-refractivity contribution in [2.75, 3.05) is 13.7 Å². The fourth-order valence-corrected chi connectivity index (χ4v) is 2.12. The average molecular weight is 288 g/mol. The summed E-state index contributed by atoms with van der Waals surface area (Å²) in [6, 6.07) is 7.75. The lowest BCUT2D eigenvalue weighted by molar-refractivity contribution is 0.202. The third-order valence-corrected chi connectivity index (χ3v) is 3.17. The van der Waals surface area contributed by atoms with Crippen LogP contribution >= 0.6 is 0 Å². The van der Waals surface area contributed by atoms with Crippen LogP contribution in [0.25, 0.3) is 0 Å². The van der Waals surface area contributed by atoms with Crippen LogP contribution in [0.2, 0.25) is 0 Å². The molecule has 0 amide bonds. The van der Waals surface area contributed by atoms with Gasteiger partial charge in [-0.25, -0.2) is 4.68 Å². The Bertz CT molecular complexity index is 632. The van der Waals surface area contributed by atoms with E-state index in [0.717, 1.165) is 6.42 Å². The van der Waals surface area contributed by atoms with Crippen LogP contribution in [-0.4, -0.2) is 29.3 Å². The minimum atomic E-state index is -0.0488. The summed E-state index contributed by atoms with van der Waals surface area (Å²) in [5, 5.41) is 11.9. The monoisotopic (exact) mass is 288 g/mol. The van der Waals surface area contributed by atoms with Crippen LogP contribution in [0.1, 0.15) is 16.8 Å². The van der Waals surface area contributed by atoms with E-state index in [4.69, 9.17) is 20.6 Å². The molecule has 2 aromatic rings. The zero-order chi connectivity index (χ0) is 15.4. The highest BCUT2D eigenvalue weighted by atomic mass is 16.5. The molecule has 0 aliphatic heterocycles. The molecule has 0 atom stereocenters. The maximum absolute atomic E-state index is 7.64. The summed E-state index contributed by atoms with van der Waals surface area (Å²) in [7, 11) is 3.45. The van der Waals surface area contributed by atoms with Crippen molar-refractivity contribution < 1.29 is 9.47 Å². The number of nitrogen functional groups attached to an aromatic ring is 1. The summed E-state index contributed by atoms with van der Waals surface area (Å²) in [5.74, 6) is 1.11. The van der Waals surface area contributed by atoms with Gasteiger partial charge in [0, 0.05) is 14.2 Å². The Balaban J connectivity index is 2.20. The van der Waals surface area contributed by atoms with Crippen molar-refractivity contribution in [3.05, 3.63) is 41.1 Å². The molecule has 0 aliphatic rings. The number of methoxy groups -OCH3 is 1. The molecular formula is C15H20N4O2. The summed E-state index contributed by atoms with van der Waals surface area (Å²) in [6.07, 6.45) is 0.861. The number of ether oxygens (including phenoxy) is 2. The van der Waals surface area contributed by atoms with Gasteiger partial charge in [0.05, 0.1) is 12.3 Å². The Hall–Kier alpha value is -2.34. The molecule has 1 heterocycles. The molecule has 0 saturated carbocycles. The van der Waals surface area contributed by atoms with Gasteiger partial charge in [-0.05, 0) is 31.0 Å². The Morgan fingerprint density at radius 2 is 2.00 bits per heavy atom. The highest BCUT2D eigenvalue weighted by Gasteiger charge is 2.17. The molecule has 1 aromatic heterocycles. The van der Waals surface area contributed by atoms with E-state index in [1.807, 2.05) is 24.3 Å². The van der Waals surface area contributed by atoms with Crippen LogP contribution < -0.4 is 10.5 Å². The van der Waals surface area contributed by atoms with Crippen LogP contribution in [0.4, 0.5) is 0 Å². The first-order valence-electron chi connectivity index (χ1n) is 6.66.